The molecule has 1 atom stereocenters. The van der Waals surface area contributed by atoms with Gasteiger partial charge in [-0.05, 0) is 56.7 Å². The summed E-state index contributed by atoms with van der Waals surface area (Å²) in [4.78, 5) is 32.2. The summed E-state index contributed by atoms with van der Waals surface area (Å²) in [7, 11) is 0. The molecule has 0 unspecified atom stereocenters. The predicted molar refractivity (Wildman–Crippen MR) is 160 cm³/mol. The van der Waals surface area contributed by atoms with E-state index in [9.17, 15) is 9.59 Å². The Morgan fingerprint density at radius 3 is 2.46 bits per heavy atom. The van der Waals surface area contributed by atoms with Crippen LogP contribution in [0.5, 0.6) is 11.5 Å². The normalized spacial score (nSPS) is 14.8. The van der Waals surface area contributed by atoms with Crippen molar-refractivity contribution >= 4 is 35.0 Å². The van der Waals surface area contributed by atoms with Crippen molar-refractivity contribution in [2.45, 2.75) is 33.4 Å². The third-order valence-corrected chi connectivity index (χ3v) is 7.92. The van der Waals surface area contributed by atoms with Crippen LogP contribution in [0.2, 0.25) is 5.02 Å². The molecule has 4 aromatic rings. The van der Waals surface area contributed by atoms with Crippen molar-refractivity contribution in [2.24, 2.45) is 4.99 Å². The summed E-state index contributed by atoms with van der Waals surface area (Å²) in [6.45, 7) is 6.46. The molecule has 0 radical (unpaired) electrons. The Labute approximate surface area is 246 Å². The Bertz CT molecular complexity index is 1790. The van der Waals surface area contributed by atoms with E-state index in [4.69, 9.17) is 25.8 Å². The molecule has 1 aliphatic heterocycles. The monoisotopic (exact) mass is 588 g/mol. The maximum Gasteiger partial charge on any atom is 0.338 e. The Kier molecular flexibility index (Phi) is 8.71. The largest absolute Gasteiger partial charge is 0.494 e. The number of allylic oxidation sites excluding steroid dienone is 1. The molecule has 0 spiro atoms. The molecular weight excluding hydrogens is 560 g/mol. The van der Waals surface area contributed by atoms with Crippen molar-refractivity contribution in [3.05, 3.63) is 125 Å². The molecule has 0 aliphatic carbocycles. The average Bonchev–Trinajstić information content (AvgIpc) is 3.27. The summed E-state index contributed by atoms with van der Waals surface area (Å²) >= 11 is 7.57. The van der Waals surface area contributed by atoms with Crippen LogP contribution < -0.4 is 24.4 Å². The molecule has 9 heteroatoms. The van der Waals surface area contributed by atoms with Gasteiger partial charge in [-0.1, -0.05) is 71.5 Å². The number of fused-ring (bicyclic) bond motifs is 1. The first-order valence-electron chi connectivity index (χ1n) is 13.3. The van der Waals surface area contributed by atoms with E-state index in [0.717, 1.165) is 16.7 Å². The maximum absolute atomic E-state index is 14.0. The number of thiazole rings is 1. The van der Waals surface area contributed by atoms with Gasteiger partial charge in [-0.2, -0.15) is 0 Å². The zero-order valence-corrected chi connectivity index (χ0v) is 24.5. The van der Waals surface area contributed by atoms with Crippen molar-refractivity contribution in [2.75, 3.05) is 13.2 Å². The summed E-state index contributed by atoms with van der Waals surface area (Å²) in [5, 5.41) is 0.625. The van der Waals surface area contributed by atoms with Gasteiger partial charge in [0, 0.05) is 16.1 Å². The second-order valence-electron chi connectivity index (χ2n) is 9.22. The number of aromatic nitrogens is 1. The number of esters is 1. The zero-order valence-electron chi connectivity index (χ0n) is 22.9. The number of halogens is 1. The molecule has 0 amide bonds. The number of para-hydroxylation sites is 1. The van der Waals surface area contributed by atoms with Crippen LogP contribution in [0.3, 0.4) is 0 Å². The highest BCUT2D eigenvalue weighted by atomic mass is 35.5. The second kappa shape index (κ2) is 12.6. The molecule has 210 valence electrons. The summed E-state index contributed by atoms with van der Waals surface area (Å²) in [6, 6.07) is 21.7. The van der Waals surface area contributed by atoms with Crippen molar-refractivity contribution in [1.29, 1.82) is 0 Å². The quantitative estimate of drug-likeness (QED) is 0.244. The Morgan fingerprint density at radius 2 is 1.73 bits per heavy atom. The van der Waals surface area contributed by atoms with E-state index in [1.807, 2.05) is 79.7 Å². The number of hydrogen-bond donors (Lipinski definition) is 0. The van der Waals surface area contributed by atoms with E-state index in [1.54, 1.807) is 24.5 Å². The third-order valence-electron chi connectivity index (χ3n) is 6.57. The first-order chi connectivity index (χ1) is 19.9. The fourth-order valence-corrected chi connectivity index (χ4v) is 5.89. The van der Waals surface area contributed by atoms with Crippen LogP contribution in [0, 0.1) is 0 Å². The molecule has 7 nitrogen and oxygen atoms in total. The molecule has 0 N–H and O–H groups in total. The topological polar surface area (TPSA) is 79.1 Å². The van der Waals surface area contributed by atoms with Crippen LogP contribution >= 0.6 is 22.9 Å². The highest BCUT2D eigenvalue weighted by molar-refractivity contribution is 7.07. The average molecular weight is 589 g/mol. The van der Waals surface area contributed by atoms with Crippen molar-refractivity contribution < 1.29 is 19.0 Å². The minimum absolute atomic E-state index is 0.209. The fraction of sp³-hybridized carbons (Fsp3) is 0.219. The summed E-state index contributed by atoms with van der Waals surface area (Å²) < 4.78 is 19.1. The van der Waals surface area contributed by atoms with Crippen molar-refractivity contribution in [3.63, 3.8) is 0 Å². The number of benzene rings is 3. The van der Waals surface area contributed by atoms with Gasteiger partial charge in [0.05, 0.1) is 35.1 Å². The number of hydrogen-bond acceptors (Lipinski definition) is 7. The van der Waals surface area contributed by atoms with Crippen LogP contribution in [0.25, 0.3) is 6.08 Å². The van der Waals surface area contributed by atoms with E-state index in [-0.39, 0.29) is 18.8 Å². The molecular formula is C32H29ClN2O5S. The predicted octanol–water partition coefficient (Wildman–Crippen LogP) is 5.43. The lowest BCUT2D eigenvalue weighted by atomic mass is 9.96. The number of carbonyl (C=O) groups is 1. The van der Waals surface area contributed by atoms with Crippen LogP contribution in [0.1, 0.15) is 43.5 Å². The lowest BCUT2D eigenvalue weighted by molar-refractivity contribution is -0.139. The first kappa shape index (κ1) is 28.4. The first-order valence-corrected chi connectivity index (χ1v) is 14.5. The highest BCUT2D eigenvalue weighted by Gasteiger charge is 2.33. The van der Waals surface area contributed by atoms with Gasteiger partial charge in [-0.3, -0.25) is 9.36 Å². The summed E-state index contributed by atoms with van der Waals surface area (Å²) in [5.74, 6) is 0.820. The van der Waals surface area contributed by atoms with Crippen LogP contribution in [-0.2, 0) is 16.1 Å². The van der Waals surface area contributed by atoms with Crippen molar-refractivity contribution in [3.8, 4) is 11.5 Å². The van der Waals surface area contributed by atoms with E-state index < -0.39 is 12.0 Å². The molecule has 1 aliphatic rings. The van der Waals surface area contributed by atoms with E-state index >= 15 is 0 Å². The van der Waals surface area contributed by atoms with Gasteiger partial charge >= 0.3 is 5.97 Å². The molecule has 5 rings (SSSR count). The molecule has 0 saturated carbocycles. The second-order valence-corrected chi connectivity index (χ2v) is 10.6. The molecule has 1 aromatic heterocycles. The van der Waals surface area contributed by atoms with E-state index in [1.165, 1.54) is 11.3 Å². The van der Waals surface area contributed by atoms with Gasteiger partial charge < -0.3 is 14.2 Å². The molecule has 0 bridgehead atoms. The van der Waals surface area contributed by atoms with Gasteiger partial charge in [-0.25, -0.2) is 9.79 Å². The van der Waals surface area contributed by atoms with E-state index in [2.05, 4.69) is 4.99 Å². The molecule has 0 fully saturated rings. The van der Waals surface area contributed by atoms with Gasteiger partial charge in [0.2, 0.25) is 0 Å². The smallest absolute Gasteiger partial charge is 0.338 e. The number of nitrogens with zero attached hydrogens (tertiary/aromatic N) is 2. The summed E-state index contributed by atoms with van der Waals surface area (Å²) in [6.07, 6.45) is 1.80. The Hall–Kier alpha value is -4.14. The van der Waals surface area contributed by atoms with E-state index in [0.29, 0.717) is 43.7 Å². The van der Waals surface area contributed by atoms with Crippen molar-refractivity contribution in [1.82, 2.24) is 4.57 Å². The van der Waals surface area contributed by atoms with Crippen LogP contribution in [-0.4, -0.2) is 23.8 Å². The summed E-state index contributed by atoms with van der Waals surface area (Å²) in [5.41, 5.74) is 2.94. The minimum Gasteiger partial charge on any atom is -0.494 e. The van der Waals surface area contributed by atoms with Gasteiger partial charge in [0.25, 0.3) is 5.56 Å². The van der Waals surface area contributed by atoms with Gasteiger partial charge in [0.1, 0.15) is 18.1 Å². The lowest BCUT2D eigenvalue weighted by Crippen LogP contribution is -2.39. The molecule has 41 heavy (non-hydrogen) atoms. The zero-order chi connectivity index (χ0) is 28.9. The van der Waals surface area contributed by atoms with Gasteiger partial charge in [-0.15, -0.1) is 0 Å². The lowest BCUT2D eigenvalue weighted by Gasteiger charge is -2.24. The third kappa shape index (κ3) is 5.99. The number of ether oxygens (including phenoxy) is 3. The van der Waals surface area contributed by atoms with Gasteiger partial charge in [0.15, 0.2) is 4.80 Å². The molecule has 2 heterocycles. The maximum atomic E-state index is 14.0. The Balaban J connectivity index is 1.59. The molecule has 0 saturated heterocycles. The van der Waals surface area contributed by atoms with Crippen LogP contribution in [0.4, 0.5) is 0 Å². The molecule has 3 aromatic carbocycles. The minimum atomic E-state index is -0.699. The standard InChI is InChI=1S/C32H29ClN2O5S/c1-4-38-24-16-14-21(15-17-24)29-28(31(37)39-5-2)20(3)34-32-35(29)30(36)27(41-32)18-22-10-7-9-13-26(22)40-19-23-11-6-8-12-25(23)33/h6-18,29H,4-5,19H2,1-3H3/b27-18-/t29-/m0/s1. The fourth-order valence-electron chi connectivity index (χ4n) is 4.66. The van der Waals surface area contributed by atoms with Crippen LogP contribution in [0.15, 0.2) is 93.9 Å². The Morgan fingerprint density at radius 1 is 1.00 bits per heavy atom. The number of carbonyl (C=O) groups excluding carboxylic acids is 1. The SMILES string of the molecule is CCOC(=O)C1=C(C)N=c2s/c(=C\c3ccccc3OCc3ccccc3Cl)c(=O)n2[C@H]1c1ccc(OCC)cc1. The number of rotatable bonds is 9. The highest BCUT2D eigenvalue weighted by Crippen LogP contribution is 2.32.